The second-order valence-electron chi connectivity index (χ2n) is 4.94. The molecule has 0 radical (unpaired) electrons. The molecule has 4 nitrogen and oxygen atoms in total. The summed E-state index contributed by atoms with van der Waals surface area (Å²) in [6, 6.07) is 6.24. The fourth-order valence-corrected chi connectivity index (χ4v) is 2.01. The molecule has 0 aliphatic heterocycles. The number of hydrogen-bond acceptors (Lipinski definition) is 4. The minimum Gasteiger partial charge on any atom is -0.398 e. The molecule has 0 aliphatic carbocycles. The van der Waals surface area contributed by atoms with E-state index < -0.39 is 0 Å². The number of nitrogens with two attached hydrogens (primary N) is 2. The van der Waals surface area contributed by atoms with Crippen LogP contribution in [0.2, 0.25) is 0 Å². The summed E-state index contributed by atoms with van der Waals surface area (Å²) in [7, 11) is 3.44. The molecule has 0 amide bonds. The lowest BCUT2D eigenvalue weighted by atomic mass is 10.0. The lowest BCUT2D eigenvalue weighted by Crippen LogP contribution is -2.39. The number of unbranched alkanes of at least 4 members (excludes halogenated alkanes) is 1. The Hall–Kier alpha value is -1.36. The van der Waals surface area contributed by atoms with Crippen LogP contribution in [0.5, 0.6) is 0 Å². The summed E-state index contributed by atoms with van der Waals surface area (Å²) < 4.78 is 0. The Morgan fingerprint density at radius 2 is 1.95 bits per heavy atom. The number of likely N-dealkylation sites (N-methyl/N-ethyl adjacent to an activating group) is 1. The number of aryl methyl sites for hydroxylation is 1. The van der Waals surface area contributed by atoms with E-state index in [1.807, 2.05) is 7.05 Å². The molecule has 0 heterocycles. The van der Waals surface area contributed by atoms with E-state index in [0.29, 0.717) is 0 Å². The number of rotatable bonds is 7. The highest BCUT2D eigenvalue weighted by molar-refractivity contribution is 5.66. The van der Waals surface area contributed by atoms with Gasteiger partial charge in [-0.05, 0) is 58.1 Å². The van der Waals surface area contributed by atoms with Gasteiger partial charge in [-0.1, -0.05) is 31.5 Å². The van der Waals surface area contributed by atoms with Gasteiger partial charge in [0.25, 0.3) is 0 Å². The molecule has 6 N–H and O–H groups in total. The van der Waals surface area contributed by atoms with Gasteiger partial charge in [-0.3, -0.25) is 5.32 Å². The molecular formula is C17H32N4. The molecule has 1 unspecified atom stereocenters. The molecule has 0 saturated heterocycles. The van der Waals surface area contributed by atoms with E-state index >= 15 is 0 Å². The van der Waals surface area contributed by atoms with Crippen molar-refractivity contribution >= 4 is 5.70 Å². The van der Waals surface area contributed by atoms with E-state index in [2.05, 4.69) is 61.4 Å². The van der Waals surface area contributed by atoms with Crippen molar-refractivity contribution in [3.05, 3.63) is 41.0 Å². The first-order valence-electron chi connectivity index (χ1n) is 7.62. The molecule has 4 heteroatoms. The van der Waals surface area contributed by atoms with Crippen molar-refractivity contribution < 1.29 is 0 Å². The van der Waals surface area contributed by atoms with Crippen LogP contribution in [0.1, 0.15) is 36.5 Å². The third-order valence-corrected chi connectivity index (χ3v) is 3.47. The highest BCUT2D eigenvalue weighted by Crippen LogP contribution is 2.18. The molecule has 21 heavy (non-hydrogen) atoms. The van der Waals surface area contributed by atoms with E-state index in [9.17, 15) is 0 Å². The van der Waals surface area contributed by atoms with Gasteiger partial charge in [0.15, 0.2) is 0 Å². The van der Waals surface area contributed by atoms with Gasteiger partial charge >= 0.3 is 0 Å². The zero-order chi connectivity index (χ0) is 16.3. The zero-order valence-corrected chi connectivity index (χ0v) is 14.2. The molecule has 0 aliphatic rings. The molecule has 0 bridgehead atoms. The van der Waals surface area contributed by atoms with Crippen LogP contribution in [0.25, 0.3) is 5.70 Å². The Morgan fingerprint density at radius 3 is 2.52 bits per heavy atom. The first-order chi connectivity index (χ1) is 10.1. The van der Waals surface area contributed by atoms with Crippen LogP contribution in [0.3, 0.4) is 0 Å². The SMILES string of the molecule is CCCCNC(/C=C(\N)c1cccc(C)c1C)NC.CN. The monoisotopic (exact) mass is 292 g/mol. The molecule has 1 atom stereocenters. The molecule has 1 aromatic carbocycles. The van der Waals surface area contributed by atoms with Crippen LogP contribution < -0.4 is 22.1 Å². The van der Waals surface area contributed by atoms with Crippen molar-refractivity contribution in [2.75, 3.05) is 20.6 Å². The van der Waals surface area contributed by atoms with Gasteiger partial charge in [-0.15, -0.1) is 0 Å². The fraction of sp³-hybridized carbons (Fsp3) is 0.529. The largest absolute Gasteiger partial charge is 0.398 e. The van der Waals surface area contributed by atoms with E-state index in [0.717, 1.165) is 17.8 Å². The predicted molar refractivity (Wildman–Crippen MR) is 94.0 cm³/mol. The second kappa shape index (κ2) is 11.3. The molecule has 1 rings (SSSR count). The summed E-state index contributed by atoms with van der Waals surface area (Å²) >= 11 is 0. The summed E-state index contributed by atoms with van der Waals surface area (Å²) in [5.41, 5.74) is 15.2. The van der Waals surface area contributed by atoms with Crippen LogP contribution in [0.4, 0.5) is 0 Å². The Kier molecular flexibility index (Phi) is 10.6. The van der Waals surface area contributed by atoms with Crippen LogP contribution in [-0.2, 0) is 0 Å². The van der Waals surface area contributed by atoms with Gasteiger partial charge in [0.05, 0.1) is 6.17 Å². The summed E-state index contributed by atoms with van der Waals surface area (Å²) in [5.74, 6) is 0. The minimum atomic E-state index is 0.117. The molecule has 1 aromatic rings. The molecule has 0 aromatic heterocycles. The van der Waals surface area contributed by atoms with Crippen molar-refractivity contribution in [3.63, 3.8) is 0 Å². The summed E-state index contributed by atoms with van der Waals surface area (Å²) in [6.45, 7) is 7.42. The lowest BCUT2D eigenvalue weighted by Gasteiger charge is -2.16. The van der Waals surface area contributed by atoms with Crippen LogP contribution in [-0.4, -0.2) is 26.8 Å². The third-order valence-electron chi connectivity index (χ3n) is 3.47. The van der Waals surface area contributed by atoms with Crippen molar-refractivity contribution in [3.8, 4) is 0 Å². The minimum absolute atomic E-state index is 0.117. The Balaban J connectivity index is 0.00000191. The van der Waals surface area contributed by atoms with Crippen molar-refractivity contribution in [1.29, 1.82) is 0 Å². The summed E-state index contributed by atoms with van der Waals surface area (Å²) in [6.07, 6.45) is 4.54. The number of benzene rings is 1. The summed E-state index contributed by atoms with van der Waals surface area (Å²) in [4.78, 5) is 0. The van der Waals surface area contributed by atoms with Crippen molar-refractivity contribution in [2.45, 2.75) is 39.8 Å². The quantitative estimate of drug-likeness (QED) is 0.459. The average molecular weight is 292 g/mol. The second-order valence-corrected chi connectivity index (χ2v) is 4.94. The third kappa shape index (κ3) is 6.76. The van der Waals surface area contributed by atoms with E-state index in [1.54, 1.807) is 0 Å². The Labute approximate surface area is 130 Å². The highest BCUT2D eigenvalue weighted by Gasteiger charge is 2.06. The van der Waals surface area contributed by atoms with Crippen LogP contribution in [0.15, 0.2) is 24.3 Å². The maximum absolute atomic E-state index is 6.23. The van der Waals surface area contributed by atoms with Gasteiger partial charge in [0, 0.05) is 11.3 Å². The topological polar surface area (TPSA) is 76.1 Å². The molecule has 0 spiro atoms. The van der Waals surface area contributed by atoms with Gasteiger partial charge in [0.2, 0.25) is 0 Å². The first kappa shape index (κ1) is 19.6. The molecule has 0 fully saturated rings. The highest BCUT2D eigenvalue weighted by atomic mass is 15.1. The predicted octanol–water partition coefficient (Wildman–Crippen LogP) is 2.11. The Morgan fingerprint density at radius 1 is 1.29 bits per heavy atom. The first-order valence-corrected chi connectivity index (χ1v) is 7.62. The van der Waals surface area contributed by atoms with Gasteiger partial charge in [-0.2, -0.15) is 0 Å². The Bertz CT molecular complexity index is 427. The van der Waals surface area contributed by atoms with E-state index in [1.165, 1.54) is 31.0 Å². The molecular weight excluding hydrogens is 260 g/mol. The van der Waals surface area contributed by atoms with E-state index in [-0.39, 0.29) is 6.17 Å². The fourth-order valence-electron chi connectivity index (χ4n) is 2.01. The average Bonchev–Trinajstić information content (AvgIpc) is 2.51. The smallest absolute Gasteiger partial charge is 0.0784 e. The maximum Gasteiger partial charge on any atom is 0.0784 e. The van der Waals surface area contributed by atoms with Crippen molar-refractivity contribution in [1.82, 2.24) is 10.6 Å². The zero-order valence-electron chi connectivity index (χ0n) is 14.2. The van der Waals surface area contributed by atoms with Crippen LogP contribution in [0, 0.1) is 13.8 Å². The van der Waals surface area contributed by atoms with Crippen LogP contribution >= 0.6 is 0 Å². The maximum atomic E-state index is 6.23. The summed E-state index contributed by atoms with van der Waals surface area (Å²) in [5, 5.41) is 6.67. The standard InChI is InChI=1S/C16H27N3.CH5N/c1-5-6-10-19-16(18-4)11-15(17)14-9-7-8-12(2)13(14)3;1-2/h7-9,11,16,18-19H,5-6,10,17H2,1-4H3;2H2,1H3/b15-11-;. The normalized spacial score (nSPS) is 12.6. The number of nitrogens with one attached hydrogen (secondary N) is 2. The van der Waals surface area contributed by atoms with Gasteiger partial charge in [0.1, 0.15) is 0 Å². The van der Waals surface area contributed by atoms with Crippen molar-refractivity contribution in [2.24, 2.45) is 11.5 Å². The molecule has 0 saturated carbocycles. The molecule has 120 valence electrons. The number of hydrogen-bond donors (Lipinski definition) is 4. The van der Waals surface area contributed by atoms with E-state index in [4.69, 9.17) is 5.73 Å². The lowest BCUT2D eigenvalue weighted by molar-refractivity contribution is 0.520. The van der Waals surface area contributed by atoms with Gasteiger partial charge in [-0.25, -0.2) is 0 Å². The van der Waals surface area contributed by atoms with Gasteiger partial charge < -0.3 is 16.8 Å².